The normalized spacial score (nSPS) is 10.7. The maximum absolute atomic E-state index is 9.22. The van der Waals surface area contributed by atoms with Gasteiger partial charge in [0, 0.05) is 42.3 Å². The molecule has 3 aromatic rings. The number of anilines is 3. The summed E-state index contributed by atoms with van der Waals surface area (Å²) in [6, 6.07) is 11.8. The van der Waals surface area contributed by atoms with Crippen molar-refractivity contribution in [3.8, 4) is 6.07 Å². The van der Waals surface area contributed by atoms with Crippen LogP contribution >= 0.6 is 34.8 Å². The maximum atomic E-state index is 9.22. The molecule has 2 heterocycles. The quantitative estimate of drug-likeness (QED) is 0.545. The molecular formula is C18H17Cl3N6. The topological polar surface area (TPSA) is 69.2 Å². The van der Waals surface area contributed by atoms with Gasteiger partial charge in [-0.05, 0) is 24.3 Å². The third-order valence-electron chi connectivity index (χ3n) is 4.00. The van der Waals surface area contributed by atoms with Crippen molar-refractivity contribution in [3.63, 3.8) is 0 Å². The summed E-state index contributed by atoms with van der Waals surface area (Å²) in [7, 11) is 0. The van der Waals surface area contributed by atoms with E-state index in [1.165, 1.54) is 6.20 Å². The highest BCUT2D eigenvalue weighted by Gasteiger charge is 2.12. The Kier molecular flexibility index (Phi) is 6.62. The molecule has 0 atom stereocenters. The van der Waals surface area contributed by atoms with Crippen LogP contribution in [0.2, 0.25) is 0 Å². The number of rotatable bonds is 8. The van der Waals surface area contributed by atoms with Gasteiger partial charge in [0.25, 0.3) is 0 Å². The van der Waals surface area contributed by atoms with Gasteiger partial charge in [-0.3, -0.25) is 0 Å². The van der Waals surface area contributed by atoms with Crippen LogP contribution in [0.15, 0.2) is 36.5 Å². The molecule has 0 aliphatic rings. The highest BCUT2D eigenvalue weighted by atomic mass is 35.5. The summed E-state index contributed by atoms with van der Waals surface area (Å²) < 4.78 is 1.59. The van der Waals surface area contributed by atoms with E-state index in [1.54, 1.807) is 4.52 Å². The summed E-state index contributed by atoms with van der Waals surface area (Å²) in [5.41, 5.74) is 3.46. The Balaban J connectivity index is 1.89. The molecule has 0 amide bonds. The van der Waals surface area contributed by atoms with E-state index in [-0.39, 0.29) is 5.88 Å². The molecule has 0 bridgehead atoms. The third kappa shape index (κ3) is 4.38. The Morgan fingerprint density at radius 2 is 1.81 bits per heavy atom. The van der Waals surface area contributed by atoms with Crippen LogP contribution in [0.4, 0.5) is 17.2 Å². The molecule has 9 heteroatoms. The van der Waals surface area contributed by atoms with Gasteiger partial charge in [0.15, 0.2) is 5.65 Å². The first-order chi connectivity index (χ1) is 13.2. The molecule has 0 radical (unpaired) electrons. The van der Waals surface area contributed by atoms with Gasteiger partial charge in [-0.1, -0.05) is 0 Å². The van der Waals surface area contributed by atoms with Crippen molar-refractivity contribution < 1.29 is 0 Å². The molecule has 0 aliphatic carbocycles. The van der Waals surface area contributed by atoms with Crippen LogP contribution in [-0.2, 0) is 5.88 Å². The van der Waals surface area contributed by atoms with Gasteiger partial charge >= 0.3 is 0 Å². The number of halogens is 3. The minimum Gasteiger partial charge on any atom is -0.369 e. The second-order valence-corrected chi connectivity index (χ2v) is 6.73. The number of alkyl halides is 3. The second kappa shape index (κ2) is 9.14. The highest BCUT2D eigenvalue weighted by Crippen LogP contribution is 2.23. The van der Waals surface area contributed by atoms with Crippen molar-refractivity contribution in [3.05, 3.63) is 47.8 Å². The van der Waals surface area contributed by atoms with Crippen molar-refractivity contribution in [2.24, 2.45) is 0 Å². The molecule has 0 spiro atoms. The number of nitriles is 1. The minimum atomic E-state index is 0.242. The first kappa shape index (κ1) is 19.6. The Hall–Kier alpha value is -2.20. The third-order valence-corrected chi connectivity index (χ3v) is 4.61. The van der Waals surface area contributed by atoms with E-state index < -0.39 is 0 Å². The fourth-order valence-electron chi connectivity index (χ4n) is 2.73. The Morgan fingerprint density at radius 3 is 2.41 bits per heavy atom. The number of benzene rings is 1. The lowest BCUT2D eigenvalue weighted by Gasteiger charge is -2.23. The molecule has 27 heavy (non-hydrogen) atoms. The number of nitrogens with zero attached hydrogens (tertiary/aromatic N) is 5. The number of nitrogens with one attached hydrogen (secondary N) is 1. The average Bonchev–Trinajstić information content (AvgIpc) is 3.11. The maximum Gasteiger partial charge on any atom is 0.175 e. The molecule has 0 unspecified atom stereocenters. The van der Waals surface area contributed by atoms with E-state index in [0.717, 1.165) is 24.5 Å². The van der Waals surface area contributed by atoms with Crippen LogP contribution in [-0.4, -0.2) is 39.4 Å². The molecule has 0 aliphatic heterocycles. The smallest absolute Gasteiger partial charge is 0.175 e. The molecular weight excluding hydrogens is 407 g/mol. The number of fused-ring (bicyclic) bond motifs is 1. The number of hydrogen-bond donors (Lipinski definition) is 1. The van der Waals surface area contributed by atoms with E-state index in [2.05, 4.69) is 26.4 Å². The largest absolute Gasteiger partial charge is 0.369 e. The molecule has 0 fully saturated rings. The molecule has 1 N–H and O–H groups in total. The summed E-state index contributed by atoms with van der Waals surface area (Å²) in [6.07, 6.45) is 1.49. The highest BCUT2D eigenvalue weighted by molar-refractivity contribution is 6.18. The van der Waals surface area contributed by atoms with Gasteiger partial charge in [-0.25, -0.2) is 4.98 Å². The first-order valence-electron chi connectivity index (χ1n) is 8.28. The van der Waals surface area contributed by atoms with E-state index in [4.69, 9.17) is 34.8 Å². The van der Waals surface area contributed by atoms with Crippen molar-refractivity contribution in [2.45, 2.75) is 5.88 Å². The molecule has 6 nitrogen and oxygen atoms in total. The van der Waals surface area contributed by atoms with Crippen LogP contribution in [0.25, 0.3) is 5.65 Å². The Labute approximate surface area is 172 Å². The minimum absolute atomic E-state index is 0.242. The number of aromatic nitrogens is 3. The van der Waals surface area contributed by atoms with E-state index in [1.807, 2.05) is 30.3 Å². The second-order valence-electron chi connectivity index (χ2n) is 5.71. The molecule has 1 aromatic carbocycles. The standard InChI is InChI=1S/C18H17Cl3N6/c19-5-7-26(8-6-20)16-3-1-14(2-4-16)24-17-9-15(10-21)25-18-13(11-22)12-23-27(17)18/h1-4,9,12,24H,5-8,10H2. The van der Waals surface area contributed by atoms with Crippen LogP contribution < -0.4 is 10.2 Å². The van der Waals surface area contributed by atoms with Crippen LogP contribution in [0, 0.1) is 11.3 Å². The summed E-state index contributed by atoms with van der Waals surface area (Å²) in [4.78, 5) is 6.51. The predicted molar refractivity (Wildman–Crippen MR) is 111 cm³/mol. The average molecular weight is 424 g/mol. The molecule has 3 rings (SSSR count). The van der Waals surface area contributed by atoms with Crippen molar-refractivity contribution in [1.82, 2.24) is 14.6 Å². The van der Waals surface area contributed by atoms with Crippen LogP contribution in [0.3, 0.4) is 0 Å². The molecule has 0 saturated heterocycles. The van der Waals surface area contributed by atoms with Crippen molar-refractivity contribution in [2.75, 3.05) is 35.1 Å². The van der Waals surface area contributed by atoms with Crippen LogP contribution in [0.5, 0.6) is 0 Å². The van der Waals surface area contributed by atoms with Gasteiger partial charge in [0.2, 0.25) is 0 Å². The Bertz CT molecular complexity index is 942. The molecule has 2 aromatic heterocycles. The lowest BCUT2D eigenvalue weighted by Crippen LogP contribution is -2.27. The van der Waals surface area contributed by atoms with Crippen LogP contribution in [0.1, 0.15) is 11.3 Å². The van der Waals surface area contributed by atoms with Crippen molar-refractivity contribution >= 4 is 57.6 Å². The Morgan fingerprint density at radius 1 is 1.11 bits per heavy atom. The number of hydrogen-bond acceptors (Lipinski definition) is 5. The lowest BCUT2D eigenvalue weighted by atomic mass is 10.2. The zero-order valence-corrected chi connectivity index (χ0v) is 16.6. The van der Waals surface area contributed by atoms with E-state index in [0.29, 0.717) is 34.5 Å². The van der Waals surface area contributed by atoms with E-state index >= 15 is 0 Å². The van der Waals surface area contributed by atoms with Gasteiger partial charge in [-0.15, -0.1) is 34.8 Å². The van der Waals surface area contributed by atoms with Gasteiger partial charge in [0.1, 0.15) is 17.5 Å². The zero-order valence-electron chi connectivity index (χ0n) is 14.4. The summed E-state index contributed by atoms with van der Waals surface area (Å²) in [5, 5.41) is 16.8. The summed E-state index contributed by atoms with van der Waals surface area (Å²) >= 11 is 17.7. The van der Waals surface area contributed by atoms with Gasteiger partial charge in [-0.2, -0.15) is 14.9 Å². The summed E-state index contributed by atoms with van der Waals surface area (Å²) in [5.74, 6) is 2.00. The van der Waals surface area contributed by atoms with Gasteiger partial charge in [0.05, 0.1) is 17.8 Å². The monoisotopic (exact) mass is 422 g/mol. The van der Waals surface area contributed by atoms with E-state index in [9.17, 15) is 5.26 Å². The fraction of sp³-hybridized carbons (Fsp3) is 0.278. The predicted octanol–water partition coefficient (Wildman–Crippen LogP) is 4.37. The first-order valence-corrected chi connectivity index (χ1v) is 9.88. The molecule has 0 saturated carbocycles. The van der Waals surface area contributed by atoms with Gasteiger partial charge < -0.3 is 10.2 Å². The lowest BCUT2D eigenvalue weighted by molar-refractivity contribution is 0.874. The fourth-order valence-corrected chi connectivity index (χ4v) is 3.27. The molecule has 140 valence electrons. The summed E-state index contributed by atoms with van der Waals surface area (Å²) in [6.45, 7) is 1.46. The zero-order chi connectivity index (χ0) is 19.2. The SMILES string of the molecule is N#Cc1cnn2c(Nc3ccc(N(CCCl)CCCl)cc3)cc(CCl)nc12. The van der Waals surface area contributed by atoms with Crippen molar-refractivity contribution in [1.29, 1.82) is 5.26 Å².